The number of likely N-dealkylation sites (tertiary alicyclic amines) is 1. The SMILES string of the molecule is NN=Cc1ccc(C(N2CCCCC2)C(N)(C(=O)O)C(=O)C=O)cc1. The number of aliphatic carboxylic acids is 1. The summed E-state index contributed by atoms with van der Waals surface area (Å²) in [7, 11) is 0. The van der Waals surface area contributed by atoms with Gasteiger partial charge >= 0.3 is 5.97 Å². The minimum Gasteiger partial charge on any atom is -0.479 e. The van der Waals surface area contributed by atoms with Crippen LogP contribution in [0.4, 0.5) is 0 Å². The van der Waals surface area contributed by atoms with Crippen LogP contribution in [-0.2, 0) is 14.4 Å². The van der Waals surface area contributed by atoms with Crippen molar-refractivity contribution in [3.63, 3.8) is 0 Å². The lowest BCUT2D eigenvalue weighted by Gasteiger charge is -2.41. The van der Waals surface area contributed by atoms with E-state index in [-0.39, 0.29) is 6.29 Å². The summed E-state index contributed by atoms with van der Waals surface area (Å²) in [5.41, 5.74) is 4.96. The second kappa shape index (κ2) is 8.00. The Bertz CT molecular complexity index is 668. The highest BCUT2D eigenvalue weighted by atomic mass is 16.4. The number of hydrogen-bond acceptors (Lipinski definition) is 7. The molecule has 1 fully saturated rings. The zero-order valence-electron chi connectivity index (χ0n) is 13.8. The van der Waals surface area contributed by atoms with Crippen LogP contribution in [0.2, 0.25) is 0 Å². The van der Waals surface area contributed by atoms with Crippen molar-refractivity contribution in [3.05, 3.63) is 35.4 Å². The number of carboxylic acids is 1. The standard InChI is InChI=1S/C17H22N4O4/c18-17(16(24)25,14(23)11-22)15(21-8-2-1-3-9-21)13-6-4-12(5-7-13)10-20-19/h4-7,10-11,15H,1-3,8-9,18-19H2,(H,24,25). The van der Waals surface area contributed by atoms with Crippen molar-refractivity contribution in [1.82, 2.24) is 4.90 Å². The first-order valence-electron chi connectivity index (χ1n) is 8.04. The summed E-state index contributed by atoms with van der Waals surface area (Å²) in [6.45, 7) is 1.21. The van der Waals surface area contributed by atoms with E-state index < -0.39 is 23.3 Å². The first kappa shape index (κ1) is 18.8. The number of rotatable bonds is 7. The number of hydrogen-bond donors (Lipinski definition) is 3. The van der Waals surface area contributed by atoms with E-state index in [1.165, 1.54) is 6.21 Å². The van der Waals surface area contributed by atoms with Crippen molar-refractivity contribution in [1.29, 1.82) is 0 Å². The number of nitrogens with zero attached hydrogens (tertiary/aromatic N) is 2. The molecule has 2 atom stereocenters. The third-order valence-electron chi connectivity index (χ3n) is 4.53. The third kappa shape index (κ3) is 3.75. The Balaban J connectivity index is 2.53. The number of hydrazone groups is 1. The topological polar surface area (TPSA) is 139 Å². The molecule has 0 aromatic heterocycles. The Morgan fingerprint density at radius 3 is 2.28 bits per heavy atom. The Kier molecular flexibility index (Phi) is 6.00. The number of carbonyl (C=O) groups is 3. The van der Waals surface area contributed by atoms with Crippen molar-refractivity contribution >= 4 is 24.3 Å². The highest BCUT2D eigenvalue weighted by Crippen LogP contribution is 2.33. The van der Waals surface area contributed by atoms with Crippen molar-refractivity contribution in [2.45, 2.75) is 30.8 Å². The van der Waals surface area contributed by atoms with E-state index in [1.54, 1.807) is 24.3 Å². The van der Waals surface area contributed by atoms with Gasteiger partial charge < -0.3 is 16.7 Å². The quantitative estimate of drug-likeness (QED) is 0.158. The van der Waals surface area contributed by atoms with E-state index in [1.807, 2.05) is 4.90 Å². The molecule has 0 aliphatic carbocycles. The number of piperidine rings is 1. The predicted octanol–water partition coefficient (Wildman–Crippen LogP) is 0.0563. The van der Waals surface area contributed by atoms with Gasteiger partial charge in [-0.1, -0.05) is 30.7 Å². The molecule has 1 saturated heterocycles. The van der Waals surface area contributed by atoms with Gasteiger partial charge in [-0.05, 0) is 37.1 Å². The van der Waals surface area contributed by atoms with Crippen LogP contribution < -0.4 is 11.6 Å². The molecule has 0 bridgehead atoms. The fourth-order valence-electron chi connectivity index (χ4n) is 3.24. The number of nitrogens with two attached hydrogens (primary N) is 2. The maximum Gasteiger partial charge on any atom is 0.334 e. The monoisotopic (exact) mass is 346 g/mol. The molecular formula is C17H22N4O4. The third-order valence-corrected chi connectivity index (χ3v) is 4.53. The molecule has 1 heterocycles. The molecule has 5 N–H and O–H groups in total. The highest BCUT2D eigenvalue weighted by molar-refractivity contribution is 6.35. The summed E-state index contributed by atoms with van der Waals surface area (Å²) in [6.07, 6.45) is 4.21. The van der Waals surface area contributed by atoms with Gasteiger partial charge in [-0.3, -0.25) is 14.5 Å². The first-order valence-corrected chi connectivity index (χ1v) is 8.04. The van der Waals surface area contributed by atoms with Gasteiger partial charge in [0.2, 0.25) is 11.3 Å². The van der Waals surface area contributed by atoms with Gasteiger partial charge in [0, 0.05) is 0 Å². The molecule has 1 aliphatic heterocycles. The van der Waals surface area contributed by atoms with Crippen molar-refractivity contribution < 1.29 is 19.5 Å². The van der Waals surface area contributed by atoms with Crippen LogP contribution >= 0.6 is 0 Å². The molecule has 1 aliphatic rings. The predicted molar refractivity (Wildman–Crippen MR) is 92.0 cm³/mol. The van der Waals surface area contributed by atoms with Crippen LogP contribution in [0.15, 0.2) is 29.4 Å². The average molecular weight is 346 g/mol. The molecular weight excluding hydrogens is 324 g/mol. The van der Waals surface area contributed by atoms with Crippen LogP contribution in [0.25, 0.3) is 0 Å². The number of ketones is 1. The van der Waals surface area contributed by atoms with Crippen molar-refractivity contribution in [2.24, 2.45) is 16.7 Å². The number of aldehydes is 1. The van der Waals surface area contributed by atoms with Crippen LogP contribution in [-0.4, -0.2) is 52.9 Å². The molecule has 0 radical (unpaired) electrons. The van der Waals surface area contributed by atoms with Gasteiger partial charge in [-0.15, -0.1) is 0 Å². The lowest BCUT2D eigenvalue weighted by atomic mass is 9.80. The van der Waals surface area contributed by atoms with E-state index in [2.05, 4.69) is 5.10 Å². The number of carboxylic acid groups (broad SMARTS) is 1. The Hall–Kier alpha value is -2.58. The van der Waals surface area contributed by atoms with Crippen LogP contribution in [0.1, 0.15) is 36.4 Å². The van der Waals surface area contributed by atoms with Gasteiger partial charge in [0.15, 0.2) is 6.29 Å². The minimum atomic E-state index is -2.34. The minimum absolute atomic E-state index is 0.0134. The molecule has 0 spiro atoms. The van der Waals surface area contributed by atoms with Crippen LogP contribution in [0.3, 0.4) is 0 Å². The molecule has 1 aromatic rings. The van der Waals surface area contributed by atoms with Crippen LogP contribution in [0.5, 0.6) is 0 Å². The lowest BCUT2D eigenvalue weighted by Crippen LogP contribution is -2.64. The molecule has 25 heavy (non-hydrogen) atoms. The zero-order valence-corrected chi connectivity index (χ0v) is 13.8. The summed E-state index contributed by atoms with van der Waals surface area (Å²) in [5, 5.41) is 13.1. The van der Waals surface area contributed by atoms with Gasteiger partial charge in [-0.2, -0.15) is 5.10 Å². The van der Waals surface area contributed by atoms with Gasteiger partial charge in [0.05, 0.1) is 12.3 Å². The van der Waals surface area contributed by atoms with E-state index in [9.17, 15) is 19.5 Å². The van der Waals surface area contributed by atoms with E-state index >= 15 is 0 Å². The molecule has 8 nitrogen and oxygen atoms in total. The largest absolute Gasteiger partial charge is 0.479 e. The molecule has 0 amide bonds. The fourth-order valence-corrected chi connectivity index (χ4v) is 3.24. The maximum atomic E-state index is 12.2. The second-order valence-electron chi connectivity index (χ2n) is 6.10. The van der Waals surface area contributed by atoms with Gasteiger partial charge in [0.25, 0.3) is 0 Å². The molecule has 134 valence electrons. The van der Waals surface area contributed by atoms with Crippen molar-refractivity contribution in [3.8, 4) is 0 Å². The number of carbonyl (C=O) groups excluding carboxylic acids is 2. The Morgan fingerprint density at radius 1 is 1.20 bits per heavy atom. The van der Waals surface area contributed by atoms with Gasteiger partial charge in [0.1, 0.15) is 0 Å². The average Bonchev–Trinajstić information content (AvgIpc) is 2.63. The molecule has 2 rings (SSSR count). The maximum absolute atomic E-state index is 12.2. The zero-order chi connectivity index (χ0) is 18.4. The summed E-state index contributed by atoms with van der Waals surface area (Å²) < 4.78 is 0. The van der Waals surface area contributed by atoms with Gasteiger partial charge in [-0.25, -0.2) is 4.79 Å². The molecule has 2 unspecified atom stereocenters. The first-order chi connectivity index (χ1) is 11.9. The smallest absolute Gasteiger partial charge is 0.334 e. The summed E-state index contributed by atoms with van der Waals surface area (Å²) in [5.74, 6) is 2.45. The summed E-state index contributed by atoms with van der Waals surface area (Å²) in [4.78, 5) is 37.0. The molecule has 0 saturated carbocycles. The Labute approximate surface area is 145 Å². The number of Topliss-reactive ketones (excluding diaryl/α,β-unsaturated/α-hetero) is 1. The van der Waals surface area contributed by atoms with E-state index in [4.69, 9.17) is 11.6 Å². The van der Waals surface area contributed by atoms with E-state index in [0.29, 0.717) is 18.7 Å². The highest BCUT2D eigenvalue weighted by Gasteiger charge is 2.52. The van der Waals surface area contributed by atoms with Crippen molar-refractivity contribution in [2.75, 3.05) is 13.1 Å². The molecule has 8 heteroatoms. The fraction of sp³-hybridized carbons (Fsp3) is 0.412. The number of benzene rings is 1. The summed E-state index contributed by atoms with van der Waals surface area (Å²) in [6, 6.07) is 5.83. The van der Waals surface area contributed by atoms with E-state index in [0.717, 1.165) is 24.8 Å². The lowest BCUT2D eigenvalue weighted by molar-refractivity contribution is -0.154. The Morgan fingerprint density at radius 2 is 1.80 bits per heavy atom. The normalized spacial score (nSPS) is 19.2. The van der Waals surface area contributed by atoms with Crippen LogP contribution in [0, 0.1) is 0 Å². The second-order valence-corrected chi connectivity index (χ2v) is 6.10. The molecule has 1 aromatic carbocycles. The summed E-state index contributed by atoms with van der Waals surface area (Å²) >= 11 is 0.